The summed E-state index contributed by atoms with van der Waals surface area (Å²) in [7, 11) is 0. The van der Waals surface area contributed by atoms with Gasteiger partial charge in [-0.2, -0.15) is 0 Å². The van der Waals surface area contributed by atoms with Gasteiger partial charge in [0.05, 0.1) is 16.8 Å². The minimum Gasteiger partial charge on any atom is -0.503 e. The number of rotatable bonds is 6. The smallest absolute Gasteiger partial charge is 0.329 e. The third kappa shape index (κ3) is 4.88. The highest BCUT2D eigenvalue weighted by Gasteiger charge is 2.35. The largest absolute Gasteiger partial charge is 0.503 e. The lowest BCUT2D eigenvalue weighted by molar-refractivity contribution is -0.127. The van der Waals surface area contributed by atoms with Crippen molar-refractivity contribution in [1.29, 1.82) is 0 Å². The average Bonchev–Trinajstić information content (AvgIpc) is 2.99. The van der Waals surface area contributed by atoms with E-state index in [0.717, 1.165) is 0 Å². The molecule has 2 aromatic rings. The SMILES string of the molecule is CCOc1cc(/C=C2/NC(=O)N(CC(=O)Nc3ccccc3F)C2=O)c(Br)c(Br)c1O. The molecule has 0 radical (unpaired) electrons. The van der Waals surface area contributed by atoms with Crippen molar-refractivity contribution in [2.45, 2.75) is 6.92 Å². The van der Waals surface area contributed by atoms with Crippen molar-refractivity contribution in [1.82, 2.24) is 10.2 Å². The van der Waals surface area contributed by atoms with Gasteiger partial charge in [-0.1, -0.05) is 12.1 Å². The van der Waals surface area contributed by atoms with Crippen LogP contribution >= 0.6 is 31.9 Å². The Balaban J connectivity index is 1.81. The highest BCUT2D eigenvalue weighted by atomic mass is 79.9. The summed E-state index contributed by atoms with van der Waals surface area (Å²) in [5, 5.41) is 14.9. The Morgan fingerprint density at radius 1 is 1.29 bits per heavy atom. The van der Waals surface area contributed by atoms with Crippen LogP contribution in [0, 0.1) is 5.82 Å². The molecule has 0 spiro atoms. The quantitative estimate of drug-likeness (QED) is 0.368. The summed E-state index contributed by atoms with van der Waals surface area (Å²) >= 11 is 6.55. The standard InChI is InChI=1S/C20H16Br2FN3O5/c1-2-31-14-8-10(16(21)17(22)18(14)28)7-13-19(29)26(20(30)25-13)9-15(27)24-12-6-4-3-5-11(12)23/h3-8,28H,2,9H2,1H3,(H,24,27)(H,25,30)/b13-7+. The van der Waals surface area contributed by atoms with Crippen molar-refractivity contribution < 1.29 is 28.6 Å². The minimum atomic E-state index is -0.793. The van der Waals surface area contributed by atoms with Crippen LogP contribution in [0.1, 0.15) is 12.5 Å². The molecule has 0 saturated carbocycles. The second-order valence-electron chi connectivity index (χ2n) is 6.28. The Morgan fingerprint density at radius 2 is 2.00 bits per heavy atom. The first-order chi connectivity index (χ1) is 14.7. The van der Waals surface area contributed by atoms with Gasteiger partial charge >= 0.3 is 6.03 Å². The van der Waals surface area contributed by atoms with E-state index in [0.29, 0.717) is 26.0 Å². The molecule has 1 aliphatic heterocycles. The van der Waals surface area contributed by atoms with Crippen LogP contribution in [0.5, 0.6) is 11.5 Å². The van der Waals surface area contributed by atoms with Gasteiger partial charge in [0.25, 0.3) is 5.91 Å². The number of halogens is 3. The molecule has 11 heteroatoms. The molecular weight excluding hydrogens is 541 g/mol. The molecule has 0 aromatic heterocycles. The monoisotopic (exact) mass is 555 g/mol. The van der Waals surface area contributed by atoms with Gasteiger partial charge in [-0.05, 0) is 68.6 Å². The number of phenols is 1. The summed E-state index contributed by atoms with van der Waals surface area (Å²) in [6.45, 7) is 1.46. The highest BCUT2D eigenvalue weighted by Crippen LogP contribution is 2.42. The van der Waals surface area contributed by atoms with E-state index in [4.69, 9.17) is 4.74 Å². The number of nitrogens with zero attached hydrogens (tertiary/aromatic N) is 1. The maximum Gasteiger partial charge on any atom is 0.329 e. The molecule has 4 amide bonds. The topological polar surface area (TPSA) is 108 Å². The Kier molecular flexibility index (Phi) is 6.96. The number of anilines is 1. The second kappa shape index (κ2) is 9.48. The van der Waals surface area contributed by atoms with Crippen LogP contribution in [0.2, 0.25) is 0 Å². The number of hydrogen-bond donors (Lipinski definition) is 3. The van der Waals surface area contributed by atoms with E-state index in [1.807, 2.05) is 0 Å². The van der Waals surface area contributed by atoms with E-state index in [1.165, 1.54) is 36.4 Å². The molecule has 0 unspecified atom stereocenters. The molecule has 3 rings (SSSR count). The zero-order valence-electron chi connectivity index (χ0n) is 16.0. The number of amides is 4. The van der Waals surface area contributed by atoms with Crippen LogP contribution in [0.15, 0.2) is 45.0 Å². The predicted molar refractivity (Wildman–Crippen MR) is 118 cm³/mol. The fourth-order valence-corrected chi connectivity index (χ4v) is 3.59. The van der Waals surface area contributed by atoms with Crippen LogP contribution in [-0.2, 0) is 9.59 Å². The molecule has 0 atom stereocenters. The molecule has 31 heavy (non-hydrogen) atoms. The van der Waals surface area contributed by atoms with E-state index in [1.54, 1.807) is 6.92 Å². The average molecular weight is 557 g/mol. The van der Waals surface area contributed by atoms with Crippen molar-refractivity contribution in [3.63, 3.8) is 0 Å². The number of urea groups is 1. The zero-order valence-corrected chi connectivity index (χ0v) is 19.2. The number of hydrogen-bond acceptors (Lipinski definition) is 5. The maximum atomic E-state index is 13.7. The summed E-state index contributed by atoms with van der Waals surface area (Å²) in [6, 6.07) is 6.25. The normalized spacial score (nSPS) is 14.7. The van der Waals surface area contributed by atoms with Crippen molar-refractivity contribution in [3.05, 3.63) is 56.4 Å². The Hall–Kier alpha value is -2.92. The van der Waals surface area contributed by atoms with Gasteiger partial charge in [0.2, 0.25) is 5.91 Å². The molecule has 1 aliphatic rings. The van der Waals surface area contributed by atoms with Gasteiger partial charge in [-0.25, -0.2) is 14.1 Å². The molecular formula is C20H16Br2FN3O5. The van der Waals surface area contributed by atoms with Crippen molar-refractivity contribution in [3.8, 4) is 11.5 Å². The van der Waals surface area contributed by atoms with Crippen molar-refractivity contribution >= 4 is 61.5 Å². The van der Waals surface area contributed by atoms with E-state index < -0.39 is 30.2 Å². The van der Waals surface area contributed by atoms with Crippen LogP contribution in [0.4, 0.5) is 14.9 Å². The summed E-state index contributed by atoms with van der Waals surface area (Å²) in [5.41, 5.74) is 0.301. The van der Waals surface area contributed by atoms with Crippen molar-refractivity contribution in [2.75, 3.05) is 18.5 Å². The molecule has 0 bridgehead atoms. The van der Waals surface area contributed by atoms with E-state index in [-0.39, 0.29) is 22.9 Å². The predicted octanol–water partition coefficient (Wildman–Crippen LogP) is 3.99. The summed E-state index contributed by atoms with van der Waals surface area (Å²) in [4.78, 5) is 37.8. The number of carbonyl (C=O) groups excluding carboxylic acids is 3. The van der Waals surface area contributed by atoms with Crippen LogP contribution in [0.3, 0.4) is 0 Å². The summed E-state index contributed by atoms with van der Waals surface area (Å²) in [5.74, 6) is -2.04. The number of ether oxygens (including phenoxy) is 1. The van der Waals surface area contributed by atoms with Gasteiger partial charge in [0.15, 0.2) is 11.5 Å². The second-order valence-corrected chi connectivity index (χ2v) is 7.87. The minimum absolute atomic E-state index is 0.0587. The van der Waals surface area contributed by atoms with E-state index >= 15 is 0 Å². The van der Waals surface area contributed by atoms with Crippen LogP contribution in [0.25, 0.3) is 6.08 Å². The first-order valence-electron chi connectivity index (χ1n) is 8.95. The number of benzene rings is 2. The maximum absolute atomic E-state index is 13.7. The van der Waals surface area contributed by atoms with Crippen LogP contribution in [-0.4, -0.2) is 41.0 Å². The molecule has 0 aliphatic carbocycles. The third-order valence-electron chi connectivity index (χ3n) is 4.19. The number of nitrogens with one attached hydrogen (secondary N) is 2. The number of carbonyl (C=O) groups is 3. The number of aromatic hydroxyl groups is 1. The molecule has 1 fully saturated rings. The third-order valence-corrected chi connectivity index (χ3v) is 6.34. The first-order valence-corrected chi connectivity index (χ1v) is 10.5. The van der Waals surface area contributed by atoms with E-state index in [9.17, 15) is 23.9 Å². The van der Waals surface area contributed by atoms with Crippen molar-refractivity contribution in [2.24, 2.45) is 0 Å². The molecule has 162 valence electrons. The number of phenolic OH excluding ortho intramolecular Hbond substituents is 1. The Bertz CT molecular complexity index is 1110. The Labute approximate surface area is 193 Å². The summed E-state index contributed by atoms with van der Waals surface area (Å²) in [6.07, 6.45) is 1.38. The lowest BCUT2D eigenvalue weighted by Gasteiger charge is -2.12. The van der Waals surface area contributed by atoms with Gasteiger partial charge < -0.3 is 20.5 Å². The first kappa shape index (κ1) is 22.8. The number of imide groups is 1. The van der Waals surface area contributed by atoms with E-state index in [2.05, 4.69) is 42.5 Å². The number of para-hydroxylation sites is 1. The summed E-state index contributed by atoms with van der Waals surface area (Å²) < 4.78 is 19.8. The van der Waals surface area contributed by atoms with Gasteiger partial charge in [-0.3, -0.25) is 9.59 Å². The lowest BCUT2D eigenvalue weighted by atomic mass is 10.1. The molecule has 2 aromatic carbocycles. The van der Waals surface area contributed by atoms with Crippen LogP contribution < -0.4 is 15.4 Å². The molecule has 3 N–H and O–H groups in total. The lowest BCUT2D eigenvalue weighted by Crippen LogP contribution is -2.38. The molecule has 1 heterocycles. The van der Waals surface area contributed by atoms with Gasteiger partial charge in [0.1, 0.15) is 18.1 Å². The van der Waals surface area contributed by atoms with Gasteiger partial charge in [-0.15, -0.1) is 0 Å². The Morgan fingerprint density at radius 3 is 2.68 bits per heavy atom. The fourth-order valence-electron chi connectivity index (χ4n) is 2.75. The zero-order chi connectivity index (χ0) is 22.7. The fraction of sp³-hybridized carbons (Fsp3) is 0.150. The molecule has 8 nitrogen and oxygen atoms in total. The highest BCUT2D eigenvalue weighted by molar-refractivity contribution is 9.13. The van der Waals surface area contributed by atoms with Gasteiger partial charge in [0, 0.05) is 4.47 Å². The molecule has 1 saturated heterocycles.